The molecule has 14 heteroatoms. The van der Waals surface area contributed by atoms with Gasteiger partial charge in [-0.15, -0.1) is 0 Å². The van der Waals surface area contributed by atoms with Crippen LogP contribution in [0.1, 0.15) is 77.3 Å². The van der Waals surface area contributed by atoms with Crippen LogP contribution in [0.3, 0.4) is 0 Å². The molecular weight excluding hydrogens is 699 g/mol. The summed E-state index contributed by atoms with van der Waals surface area (Å²) in [6.45, 7) is 7.89. The molecule has 0 unspecified atom stereocenters. The molecule has 0 saturated heterocycles. The van der Waals surface area contributed by atoms with Gasteiger partial charge in [0.15, 0.2) is 0 Å². The highest BCUT2D eigenvalue weighted by Crippen LogP contribution is 2.48. The van der Waals surface area contributed by atoms with Gasteiger partial charge in [-0.05, 0) is 78.8 Å². The Labute approximate surface area is 309 Å². The van der Waals surface area contributed by atoms with Crippen molar-refractivity contribution in [3.05, 3.63) is 65.7 Å². The predicted molar refractivity (Wildman–Crippen MR) is 197 cm³/mol. The Bertz CT molecular complexity index is 2000. The van der Waals surface area contributed by atoms with E-state index in [2.05, 4.69) is 25.8 Å². The van der Waals surface area contributed by atoms with Crippen LogP contribution in [0.4, 0.5) is 0 Å². The number of nitrogens with one attached hydrogen (secondary N) is 4. The quantitative estimate of drug-likeness (QED) is 0.278. The van der Waals surface area contributed by atoms with Gasteiger partial charge in [0.05, 0.1) is 17.1 Å². The molecule has 4 aliphatic carbocycles. The average molecular weight is 746 g/mol. The number of sulfonamides is 1. The predicted octanol–water partition coefficient (Wildman–Crippen LogP) is 3.32. The lowest BCUT2D eigenvalue weighted by molar-refractivity contribution is -0.138. The molecule has 2 aromatic rings. The first-order valence-electron chi connectivity index (χ1n) is 18.4. The number of fused-ring (bicyclic) bond motifs is 6. The second-order valence-electron chi connectivity index (χ2n) is 15.9. The van der Waals surface area contributed by atoms with Gasteiger partial charge in [-0.2, -0.15) is 0 Å². The summed E-state index contributed by atoms with van der Waals surface area (Å²) in [4.78, 5) is 61.6. The third-order valence-corrected chi connectivity index (χ3v) is 12.9. The number of carbonyl (C=O) groups is 4. The van der Waals surface area contributed by atoms with Crippen LogP contribution in [0.15, 0.2) is 59.8 Å². The van der Waals surface area contributed by atoms with Crippen molar-refractivity contribution in [2.75, 3.05) is 13.2 Å². The lowest BCUT2D eigenvalue weighted by Crippen LogP contribution is -2.57. The summed E-state index contributed by atoms with van der Waals surface area (Å²) in [6.07, 6.45) is 4.93. The maximum Gasteiger partial charge on any atom is 0.259 e. The molecule has 4 amide bonds. The fourth-order valence-electron chi connectivity index (χ4n) is 7.78. The first kappa shape index (κ1) is 36.6. The van der Waals surface area contributed by atoms with Gasteiger partial charge in [0.25, 0.3) is 5.91 Å². The number of carbonyl (C=O) groups excluding carboxylic acids is 4. The van der Waals surface area contributed by atoms with Crippen molar-refractivity contribution in [1.29, 1.82) is 0 Å². The van der Waals surface area contributed by atoms with Crippen LogP contribution < -0.4 is 25.4 Å². The fraction of sp³-hybridized carbons (Fsp3) is 0.513. The molecule has 7 rings (SSSR count). The van der Waals surface area contributed by atoms with E-state index < -0.39 is 67.9 Å². The smallest absolute Gasteiger partial charge is 0.259 e. The van der Waals surface area contributed by atoms with Crippen LogP contribution >= 0.6 is 0 Å². The Morgan fingerprint density at radius 3 is 2.42 bits per heavy atom. The minimum absolute atomic E-state index is 0.102. The molecule has 3 saturated carbocycles. The van der Waals surface area contributed by atoms with E-state index in [4.69, 9.17) is 9.57 Å². The highest BCUT2D eigenvalue weighted by molar-refractivity contribution is 7.91. The Morgan fingerprint density at radius 2 is 1.72 bits per heavy atom. The zero-order valence-corrected chi connectivity index (χ0v) is 31.3. The summed E-state index contributed by atoms with van der Waals surface area (Å²) in [5.41, 5.74) is 2.17. The van der Waals surface area contributed by atoms with Crippen LogP contribution in [0.2, 0.25) is 0 Å². The fourth-order valence-corrected chi connectivity index (χ4v) is 9.15. The lowest BCUT2D eigenvalue weighted by atomic mass is 9.85. The first-order valence-corrected chi connectivity index (χ1v) is 20.0. The summed E-state index contributed by atoms with van der Waals surface area (Å²) in [5, 5.41) is 12.7. The number of oxime groups is 1. The lowest BCUT2D eigenvalue weighted by Gasteiger charge is -2.32. The summed E-state index contributed by atoms with van der Waals surface area (Å²) in [5.74, 6) is -3.71. The van der Waals surface area contributed by atoms with E-state index in [1.807, 2.05) is 70.2 Å². The third kappa shape index (κ3) is 7.29. The zero-order chi connectivity index (χ0) is 37.7. The SMILES string of the molecule is CC[C@H]1C[C@]1(NC(=O)[C@@H]1C[C@@H]2C[C@H]1C(=O)N[C@H](C(C)(C)C)C(=O)NC/C=C\COc1ccc3c(c1)/C(=N\O2)c1ccccc1-3)C(=O)NS(=O)(=O)C1CC1. The molecule has 6 atom stereocenters. The van der Waals surface area contributed by atoms with Gasteiger partial charge in [0.2, 0.25) is 27.7 Å². The van der Waals surface area contributed by atoms with Gasteiger partial charge in [-0.1, -0.05) is 69.6 Å². The maximum atomic E-state index is 14.2. The normalized spacial score (nSPS) is 30.0. The van der Waals surface area contributed by atoms with E-state index in [1.165, 1.54) is 0 Å². The van der Waals surface area contributed by atoms with Crippen LogP contribution in [0, 0.1) is 23.2 Å². The Balaban J connectivity index is 1.21. The van der Waals surface area contributed by atoms with E-state index in [1.54, 1.807) is 12.2 Å². The van der Waals surface area contributed by atoms with Gasteiger partial charge in [0.1, 0.15) is 35.8 Å². The Morgan fingerprint density at radius 1 is 0.981 bits per heavy atom. The second-order valence-corrected chi connectivity index (χ2v) is 17.8. The van der Waals surface area contributed by atoms with Crippen molar-refractivity contribution in [1.82, 2.24) is 20.7 Å². The maximum absolute atomic E-state index is 14.2. The van der Waals surface area contributed by atoms with Crippen LogP contribution in [-0.2, 0) is 34.0 Å². The topological polar surface area (TPSA) is 181 Å². The Hall–Kier alpha value is -4.72. The molecule has 282 valence electrons. The van der Waals surface area contributed by atoms with Crippen molar-refractivity contribution >= 4 is 39.4 Å². The molecule has 0 spiro atoms. The summed E-state index contributed by atoms with van der Waals surface area (Å²) < 4.78 is 33.6. The minimum Gasteiger partial charge on any atom is -0.490 e. The van der Waals surface area contributed by atoms with E-state index in [0.717, 1.165) is 22.3 Å². The molecule has 3 fully saturated rings. The molecule has 53 heavy (non-hydrogen) atoms. The number of ether oxygens (including phenoxy) is 1. The molecule has 0 radical (unpaired) electrons. The van der Waals surface area contributed by atoms with Crippen LogP contribution in [0.25, 0.3) is 11.1 Å². The standard InChI is InChI=1S/C39H47N5O8S/c1-5-22-21-39(22,37(48)44-53(49,50)25-13-14-25)42-35(46)31-20-24-19-30(31)34(45)41-33(38(2,3)4)36(47)40-16-8-9-17-51-23-12-15-27-26-10-6-7-11-28(26)32(43-52-24)29(27)18-23/h6-12,15,18,22,24-25,30-31,33H,5,13-14,16-17,19-21H2,1-4H3,(H,40,47)(H,41,45)(H,42,46)(H,44,48)/b9-8-,43-32-/t22-,24-,30+,31+,33-,39+/m0/s1. The van der Waals surface area contributed by atoms with Gasteiger partial charge in [-0.3, -0.25) is 23.9 Å². The molecule has 13 nitrogen and oxygen atoms in total. The van der Waals surface area contributed by atoms with E-state index in [0.29, 0.717) is 30.7 Å². The highest BCUT2D eigenvalue weighted by Gasteiger charge is 2.62. The molecule has 5 aliphatic rings. The van der Waals surface area contributed by atoms with Crippen molar-refractivity contribution in [2.24, 2.45) is 28.3 Å². The van der Waals surface area contributed by atoms with Gasteiger partial charge in [0, 0.05) is 17.7 Å². The van der Waals surface area contributed by atoms with E-state index in [9.17, 15) is 27.6 Å². The largest absolute Gasteiger partial charge is 0.490 e. The first-order chi connectivity index (χ1) is 25.2. The molecule has 4 N–H and O–H groups in total. The highest BCUT2D eigenvalue weighted by atomic mass is 32.2. The van der Waals surface area contributed by atoms with Gasteiger partial charge < -0.3 is 25.5 Å². The van der Waals surface area contributed by atoms with Crippen molar-refractivity contribution < 1.29 is 37.2 Å². The van der Waals surface area contributed by atoms with E-state index >= 15 is 0 Å². The van der Waals surface area contributed by atoms with Crippen LogP contribution in [0.5, 0.6) is 5.75 Å². The zero-order valence-electron chi connectivity index (χ0n) is 30.4. The second kappa shape index (κ2) is 13.9. The van der Waals surface area contributed by atoms with Crippen molar-refractivity contribution in [3.63, 3.8) is 0 Å². The summed E-state index contributed by atoms with van der Waals surface area (Å²) >= 11 is 0. The van der Waals surface area contributed by atoms with E-state index in [-0.39, 0.29) is 44.2 Å². The van der Waals surface area contributed by atoms with Gasteiger partial charge >= 0.3 is 0 Å². The minimum atomic E-state index is -3.85. The number of rotatable bonds is 6. The average Bonchev–Trinajstić information content (AvgIpc) is 4.03. The van der Waals surface area contributed by atoms with Crippen molar-refractivity contribution in [3.8, 4) is 16.9 Å². The van der Waals surface area contributed by atoms with Crippen LogP contribution in [-0.4, -0.2) is 73.8 Å². The summed E-state index contributed by atoms with van der Waals surface area (Å²) in [6, 6.07) is 12.7. The number of hydrogen-bond acceptors (Lipinski definition) is 9. The number of nitrogens with zero attached hydrogens (tertiary/aromatic N) is 1. The molecule has 2 aromatic carbocycles. The third-order valence-electron chi connectivity index (χ3n) is 11.1. The van der Waals surface area contributed by atoms with Gasteiger partial charge in [-0.25, -0.2) is 8.42 Å². The molecule has 0 aromatic heterocycles. The summed E-state index contributed by atoms with van der Waals surface area (Å²) in [7, 11) is -3.85. The van der Waals surface area contributed by atoms with Crippen molar-refractivity contribution in [2.45, 2.75) is 89.2 Å². The molecule has 1 heterocycles. The number of benzene rings is 2. The molecular formula is C39H47N5O8S. The number of amides is 4. The number of hydrogen-bond donors (Lipinski definition) is 4. The molecule has 4 bridgehead atoms. The molecule has 1 aliphatic heterocycles. The monoisotopic (exact) mass is 745 g/mol. The Kier molecular flexibility index (Phi) is 9.62.